The molecule has 4 heteroatoms. The van der Waals surface area contributed by atoms with E-state index in [1.165, 1.54) is 24.4 Å². The van der Waals surface area contributed by atoms with Crippen LogP contribution in [0.15, 0.2) is 6.07 Å². The number of ether oxygens (including phenoxy) is 1. The minimum absolute atomic E-state index is 0.541. The number of aryl methyl sites for hydroxylation is 1. The zero-order valence-corrected chi connectivity index (χ0v) is 10.5. The Hall–Kier alpha value is -1.03. The molecule has 1 saturated heterocycles. The molecule has 3 rings (SSSR count). The van der Waals surface area contributed by atoms with Gasteiger partial charge in [0.05, 0.1) is 18.3 Å². The molecule has 2 atom stereocenters. The molecule has 0 aromatic carbocycles. The first kappa shape index (κ1) is 11.1. The molecule has 2 aliphatic rings. The van der Waals surface area contributed by atoms with E-state index in [9.17, 15) is 0 Å². The predicted octanol–water partition coefficient (Wildman–Crippen LogP) is 2.23. The van der Waals surface area contributed by atoms with E-state index in [0.29, 0.717) is 12.0 Å². The number of aromatic nitrogens is 2. The van der Waals surface area contributed by atoms with Gasteiger partial charge in [-0.1, -0.05) is 13.3 Å². The van der Waals surface area contributed by atoms with Crippen LogP contribution in [0.3, 0.4) is 0 Å². The highest BCUT2D eigenvalue weighted by Gasteiger charge is 2.31. The van der Waals surface area contributed by atoms with E-state index >= 15 is 0 Å². The quantitative estimate of drug-likeness (QED) is 0.873. The first-order valence-corrected chi connectivity index (χ1v) is 6.78. The van der Waals surface area contributed by atoms with Crippen molar-refractivity contribution in [2.75, 3.05) is 25.1 Å². The Kier molecular flexibility index (Phi) is 3.05. The average molecular weight is 235 g/mol. The van der Waals surface area contributed by atoms with E-state index in [4.69, 9.17) is 9.84 Å². The Labute approximate surface area is 102 Å². The van der Waals surface area contributed by atoms with E-state index in [0.717, 1.165) is 32.6 Å². The number of hydrogen-bond donors (Lipinski definition) is 1. The largest absolute Gasteiger partial charge is 0.381 e. The molecule has 0 radical (unpaired) electrons. The molecule has 0 bridgehead atoms. The van der Waals surface area contributed by atoms with Crippen molar-refractivity contribution in [1.29, 1.82) is 0 Å². The highest BCUT2D eigenvalue weighted by atomic mass is 16.5. The summed E-state index contributed by atoms with van der Waals surface area (Å²) in [6.45, 7) is 5.10. The van der Waals surface area contributed by atoms with Gasteiger partial charge in [0.2, 0.25) is 0 Å². The topological polar surface area (TPSA) is 39.1 Å². The third-order valence-corrected chi connectivity index (χ3v) is 3.86. The summed E-state index contributed by atoms with van der Waals surface area (Å²) >= 11 is 0. The summed E-state index contributed by atoms with van der Waals surface area (Å²) in [7, 11) is 0. The van der Waals surface area contributed by atoms with Crippen LogP contribution in [-0.2, 0) is 11.2 Å². The van der Waals surface area contributed by atoms with Crippen LogP contribution in [0, 0.1) is 5.92 Å². The standard InChI is InChI=1S/C13H21N3O/c1-2-3-11-8-13-14-6-4-12(16(13)15-11)10-5-7-17-9-10/h8,10,12,14H,2-7,9H2,1H3. The molecule has 0 amide bonds. The van der Waals surface area contributed by atoms with Gasteiger partial charge in [0.15, 0.2) is 0 Å². The number of fused-ring (bicyclic) bond motifs is 1. The van der Waals surface area contributed by atoms with Crippen molar-refractivity contribution in [3.8, 4) is 0 Å². The van der Waals surface area contributed by atoms with Crippen LogP contribution >= 0.6 is 0 Å². The number of anilines is 1. The molecule has 2 unspecified atom stereocenters. The van der Waals surface area contributed by atoms with E-state index < -0.39 is 0 Å². The first-order valence-electron chi connectivity index (χ1n) is 6.78. The minimum Gasteiger partial charge on any atom is -0.381 e. The Morgan fingerprint density at radius 3 is 3.24 bits per heavy atom. The van der Waals surface area contributed by atoms with Crippen LogP contribution in [0.4, 0.5) is 5.82 Å². The Morgan fingerprint density at radius 2 is 2.47 bits per heavy atom. The predicted molar refractivity (Wildman–Crippen MR) is 67.3 cm³/mol. The Morgan fingerprint density at radius 1 is 1.53 bits per heavy atom. The summed E-state index contributed by atoms with van der Waals surface area (Å²) in [4.78, 5) is 0. The van der Waals surface area contributed by atoms with E-state index in [1.54, 1.807) is 0 Å². The lowest BCUT2D eigenvalue weighted by Gasteiger charge is -2.29. The lowest BCUT2D eigenvalue weighted by atomic mass is 9.95. The van der Waals surface area contributed by atoms with Crippen LogP contribution in [0.2, 0.25) is 0 Å². The van der Waals surface area contributed by atoms with Gasteiger partial charge in [0.25, 0.3) is 0 Å². The molecule has 0 saturated carbocycles. The zero-order chi connectivity index (χ0) is 11.7. The molecule has 94 valence electrons. The van der Waals surface area contributed by atoms with Crippen molar-refractivity contribution in [1.82, 2.24) is 9.78 Å². The summed E-state index contributed by atoms with van der Waals surface area (Å²) in [5.74, 6) is 1.86. The van der Waals surface area contributed by atoms with Gasteiger partial charge >= 0.3 is 0 Å². The second kappa shape index (κ2) is 4.69. The molecule has 1 aromatic rings. The molecule has 1 aromatic heterocycles. The van der Waals surface area contributed by atoms with Crippen molar-refractivity contribution < 1.29 is 4.74 Å². The SMILES string of the molecule is CCCc1cc2n(n1)C(C1CCOC1)CCN2. The van der Waals surface area contributed by atoms with Gasteiger partial charge in [0.1, 0.15) is 5.82 Å². The van der Waals surface area contributed by atoms with Crippen molar-refractivity contribution in [3.05, 3.63) is 11.8 Å². The lowest BCUT2D eigenvalue weighted by Crippen LogP contribution is -2.29. The molecule has 1 N–H and O–H groups in total. The third kappa shape index (κ3) is 2.06. The molecule has 3 heterocycles. The second-order valence-corrected chi connectivity index (χ2v) is 5.12. The van der Waals surface area contributed by atoms with Gasteiger partial charge in [-0.05, 0) is 19.3 Å². The van der Waals surface area contributed by atoms with Crippen molar-refractivity contribution in [2.24, 2.45) is 5.92 Å². The molecule has 17 heavy (non-hydrogen) atoms. The molecule has 0 aliphatic carbocycles. The van der Waals surface area contributed by atoms with Crippen LogP contribution in [0.5, 0.6) is 0 Å². The summed E-state index contributed by atoms with van der Waals surface area (Å²) < 4.78 is 7.73. The van der Waals surface area contributed by atoms with Gasteiger partial charge in [0, 0.05) is 25.1 Å². The van der Waals surface area contributed by atoms with Gasteiger partial charge in [-0.25, -0.2) is 4.68 Å². The lowest BCUT2D eigenvalue weighted by molar-refractivity contribution is 0.167. The fourth-order valence-corrected chi connectivity index (χ4v) is 2.97. The van der Waals surface area contributed by atoms with Gasteiger partial charge in [-0.15, -0.1) is 0 Å². The molecular formula is C13H21N3O. The van der Waals surface area contributed by atoms with Crippen LogP contribution in [0.25, 0.3) is 0 Å². The molecule has 4 nitrogen and oxygen atoms in total. The van der Waals surface area contributed by atoms with Crippen molar-refractivity contribution in [3.63, 3.8) is 0 Å². The Bertz CT molecular complexity index is 382. The third-order valence-electron chi connectivity index (χ3n) is 3.86. The smallest absolute Gasteiger partial charge is 0.124 e. The second-order valence-electron chi connectivity index (χ2n) is 5.12. The summed E-state index contributed by atoms with van der Waals surface area (Å²) in [5, 5.41) is 8.22. The summed E-state index contributed by atoms with van der Waals surface area (Å²) in [6.07, 6.45) is 4.60. The number of nitrogens with one attached hydrogen (secondary N) is 1. The van der Waals surface area contributed by atoms with Crippen LogP contribution in [-0.4, -0.2) is 29.5 Å². The van der Waals surface area contributed by atoms with E-state index in [-0.39, 0.29) is 0 Å². The van der Waals surface area contributed by atoms with Gasteiger partial charge in [-0.2, -0.15) is 5.10 Å². The molecule has 0 spiro atoms. The average Bonchev–Trinajstić information content (AvgIpc) is 2.97. The normalized spacial score (nSPS) is 27.8. The summed E-state index contributed by atoms with van der Waals surface area (Å²) in [6, 6.07) is 2.75. The van der Waals surface area contributed by atoms with Crippen LogP contribution in [0.1, 0.15) is 37.9 Å². The van der Waals surface area contributed by atoms with Crippen molar-refractivity contribution in [2.45, 2.75) is 38.6 Å². The molecule has 1 fully saturated rings. The number of hydrogen-bond acceptors (Lipinski definition) is 3. The maximum absolute atomic E-state index is 5.52. The fraction of sp³-hybridized carbons (Fsp3) is 0.769. The minimum atomic E-state index is 0.541. The molecule has 2 aliphatic heterocycles. The van der Waals surface area contributed by atoms with E-state index in [2.05, 4.69) is 23.0 Å². The fourth-order valence-electron chi connectivity index (χ4n) is 2.97. The van der Waals surface area contributed by atoms with Gasteiger partial charge < -0.3 is 10.1 Å². The van der Waals surface area contributed by atoms with E-state index in [1.807, 2.05) is 0 Å². The maximum atomic E-state index is 5.52. The van der Waals surface area contributed by atoms with Crippen molar-refractivity contribution >= 4 is 5.82 Å². The van der Waals surface area contributed by atoms with Gasteiger partial charge in [-0.3, -0.25) is 0 Å². The first-order chi connectivity index (χ1) is 8.38. The number of nitrogens with zero attached hydrogens (tertiary/aromatic N) is 2. The summed E-state index contributed by atoms with van der Waals surface area (Å²) in [5.41, 5.74) is 1.22. The zero-order valence-electron chi connectivity index (χ0n) is 10.5. The monoisotopic (exact) mass is 235 g/mol. The highest BCUT2D eigenvalue weighted by Crippen LogP contribution is 2.34. The van der Waals surface area contributed by atoms with Crippen LogP contribution < -0.4 is 5.32 Å². The maximum Gasteiger partial charge on any atom is 0.124 e. The number of rotatable bonds is 3. The Balaban J connectivity index is 1.84. The highest BCUT2D eigenvalue weighted by molar-refractivity contribution is 5.39. The molecular weight excluding hydrogens is 214 g/mol.